The molecule has 0 spiro atoms. The first-order valence-corrected chi connectivity index (χ1v) is 25.2. The lowest BCUT2D eigenvalue weighted by atomic mass is 9.78. The van der Waals surface area contributed by atoms with Gasteiger partial charge in [-0.1, -0.05) is 19.9 Å². The third-order valence-corrected chi connectivity index (χ3v) is 15.0. The van der Waals surface area contributed by atoms with Gasteiger partial charge in [-0.3, -0.25) is 18.2 Å². The van der Waals surface area contributed by atoms with Gasteiger partial charge in [0.05, 0.1) is 26.7 Å². The summed E-state index contributed by atoms with van der Waals surface area (Å²) in [7, 11) is -17.9. The number of rotatable bonds is 14. The van der Waals surface area contributed by atoms with Crippen LogP contribution in [-0.2, 0) is 56.1 Å². The van der Waals surface area contributed by atoms with Crippen LogP contribution in [0, 0.1) is 0 Å². The van der Waals surface area contributed by atoms with Crippen molar-refractivity contribution in [3.05, 3.63) is 93.9 Å². The van der Waals surface area contributed by atoms with Gasteiger partial charge in [0.25, 0.3) is 40.5 Å². The van der Waals surface area contributed by atoms with Crippen LogP contribution in [0.1, 0.15) is 70.9 Å². The van der Waals surface area contributed by atoms with Gasteiger partial charge in [0.15, 0.2) is 11.8 Å². The lowest BCUT2D eigenvalue weighted by molar-refractivity contribution is -0.437. The van der Waals surface area contributed by atoms with Gasteiger partial charge in [-0.05, 0) is 98.2 Å². The lowest BCUT2D eigenvalue weighted by Gasteiger charge is -2.37. The van der Waals surface area contributed by atoms with E-state index < -0.39 is 80.9 Å². The molecular weight excluding hydrogens is 879 g/mol. The molecule has 3 aliphatic heterocycles. The van der Waals surface area contributed by atoms with Crippen molar-refractivity contribution in [2.24, 2.45) is 0 Å². The Morgan fingerprint density at radius 2 is 1.41 bits per heavy atom. The van der Waals surface area contributed by atoms with Crippen LogP contribution in [0.15, 0.2) is 92.5 Å². The topological polar surface area (TPSA) is 293 Å². The van der Waals surface area contributed by atoms with Crippen molar-refractivity contribution in [1.82, 2.24) is 5.32 Å². The van der Waals surface area contributed by atoms with Gasteiger partial charge < -0.3 is 20.4 Å². The molecular formula is C39H48N3O15S4+. The molecule has 0 fully saturated rings. The molecule has 2 aromatic carbocycles. The summed E-state index contributed by atoms with van der Waals surface area (Å²) >= 11 is 0. The maximum absolute atomic E-state index is 12.7. The average molecular weight is 927 g/mol. The third kappa shape index (κ3) is 9.42. The van der Waals surface area contributed by atoms with E-state index in [4.69, 9.17) is 0 Å². The number of hydrogen-bond acceptors (Lipinski definition) is 12. The molecule has 7 N–H and O–H groups in total. The molecule has 0 radical (unpaired) electrons. The van der Waals surface area contributed by atoms with Gasteiger partial charge in [-0.15, -0.1) is 0 Å². The van der Waals surface area contributed by atoms with E-state index in [2.05, 4.69) is 5.32 Å². The molecule has 2 aromatic rings. The zero-order valence-corrected chi connectivity index (χ0v) is 36.9. The number of aliphatic hydroxyl groups is 1. The van der Waals surface area contributed by atoms with E-state index in [1.807, 2.05) is 13.8 Å². The van der Waals surface area contributed by atoms with Crippen LogP contribution in [0.2, 0.25) is 0 Å². The van der Waals surface area contributed by atoms with Crippen molar-refractivity contribution in [2.45, 2.75) is 92.6 Å². The molecule has 18 nitrogen and oxygen atoms in total. The second-order valence-corrected chi connectivity index (χ2v) is 22.5. The molecule has 0 saturated heterocycles. The number of nitrogens with zero attached hydrogens (tertiary/aromatic N) is 2. The highest BCUT2D eigenvalue weighted by atomic mass is 32.2. The number of fused-ring (bicyclic) bond motifs is 3. The quantitative estimate of drug-likeness (QED) is 0.105. The smallest absolute Gasteiger partial charge is 0.329 e. The van der Waals surface area contributed by atoms with Crippen LogP contribution >= 0.6 is 0 Å². The normalized spacial score (nSPS) is 22.2. The Bertz CT molecular complexity index is 2820. The largest absolute Gasteiger partial charge is 0.480 e. The van der Waals surface area contributed by atoms with Gasteiger partial charge in [0.2, 0.25) is 5.69 Å². The molecule has 0 saturated carbocycles. The zero-order valence-electron chi connectivity index (χ0n) is 33.6. The standard InChI is InChI=1S/C39H47N3O15S4/c1-38(2)28-20-24(60(52,53)54)11-13-30(28)41(16-6-18-58(46,47)48)32(38)15-10-23-8-5-9-26-27(36(43)35(37(44)45)40-34(23)26)22-33-39(3,4)29-21-25(61(55,56)57)12-14-31(29)42(33)17-7-19-59(49,50)51/h10-15,20-22,35-36,43H,5-9,16-19H2,1-4H3,(H5,44,45,46,47,48,49,50,51,52,53,54,55,56,57)/p+1/b33-22-. The van der Waals surface area contributed by atoms with Crippen molar-refractivity contribution < 1.29 is 71.5 Å². The molecule has 332 valence electrons. The molecule has 0 bridgehead atoms. The number of aliphatic carboxylic acids is 1. The summed E-state index contributed by atoms with van der Waals surface area (Å²) in [6.07, 6.45) is 4.85. The highest BCUT2D eigenvalue weighted by molar-refractivity contribution is 7.86. The summed E-state index contributed by atoms with van der Waals surface area (Å²) in [6.45, 7) is 7.24. The Morgan fingerprint density at radius 1 is 0.820 bits per heavy atom. The summed E-state index contributed by atoms with van der Waals surface area (Å²) in [5.74, 6) is -2.52. The second-order valence-electron chi connectivity index (χ2n) is 16.5. The number of allylic oxidation sites excluding steroid dienone is 5. The van der Waals surface area contributed by atoms with Crippen LogP contribution in [0.25, 0.3) is 0 Å². The fourth-order valence-electron chi connectivity index (χ4n) is 8.71. The predicted molar refractivity (Wildman–Crippen MR) is 223 cm³/mol. The summed E-state index contributed by atoms with van der Waals surface area (Å²) < 4.78 is 136. The second kappa shape index (κ2) is 16.1. The molecule has 61 heavy (non-hydrogen) atoms. The number of aliphatic hydroxyl groups excluding tert-OH is 1. The fourth-order valence-corrected chi connectivity index (χ4v) is 10.7. The van der Waals surface area contributed by atoms with Gasteiger partial charge in [-0.25, -0.2) is 4.79 Å². The van der Waals surface area contributed by atoms with E-state index in [1.165, 1.54) is 36.4 Å². The minimum Gasteiger partial charge on any atom is -0.480 e. The van der Waals surface area contributed by atoms with Crippen molar-refractivity contribution in [3.63, 3.8) is 0 Å². The number of carboxylic acids is 1. The minimum absolute atomic E-state index is 0.00545. The van der Waals surface area contributed by atoms with Crippen LogP contribution < -0.4 is 10.2 Å². The number of benzene rings is 2. The van der Waals surface area contributed by atoms with Crippen molar-refractivity contribution in [1.29, 1.82) is 0 Å². The SMILES string of the molecule is CC1(C)C(/C=C/C2=C3NC(C(=O)O)C(O)C(/C=C4\N(CCCS(=O)(=O)O)c5ccc(S(=O)(=O)O)cc5C4(C)C)=C3CCC2)=[N+](CCCS(=O)(=O)O)c2ccc(S(=O)(=O)O)cc21. The summed E-state index contributed by atoms with van der Waals surface area (Å²) in [5.41, 5.74) is 2.91. The van der Waals surface area contributed by atoms with E-state index in [0.717, 1.165) is 0 Å². The van der Waals surface area contributed by atoms with E-state index >= 15 is 0 Å². The fraction of sp³-hybridized carbons (Fsp3) is 0.436. The number of carboxylic acid groups (broad SMARTS) is 1. The molecule has 3 heterocycles. The van der Waals surface area contributed by atoms with Gasteiger partial charge in [0, 0.05) is 53.2 Å². The lowest BCUT2D eigenvalue weighted by Crippen LogP contribution is -2.51. The molecule has 2 unspecified atom stereocenters. The monoisotopic (exact) mass is 926 g/mol. The summed E-state index contributed by atoms with van der Waals surface area (Å²) in [4.78, 5) is 13.7. The molecule has 2 atom stereocenters. The van der Waals surface area contributed by atoms with Crippen LogP contribution in [0.4, 0.5) is 11.4 Å². The van der Waals surface area contributed by atoms with Crippen molar-refractivity contribution in [2.75, 3.05) is 29.5 Å². The number of carbonyl (C=O) groups is 1. The molecule has 0 amide bonds. The van der Waals surface area contributed by atoms with Gasteiger partial charge in [0.1, 0.15) is 12.6 Å². The Morgan fingerprint density at radius 3 is 2.00 bits per heavy atom. The Labute approximate surface area is 354 Å². The maximum atomic E-state index is 12.7. The van der Waals surface area contributed by atoms with Crippen molar-refractivity contribution >= 4 is 63.5 Å². The zero-order chi connectivity index (χ0) is 45.2. The summed E-state index contributed by atoms with van der Waals surface area (Å²) in [5, 5.41) is 25.1. The van der Waals surface area contributed by atoms with E-state index in [9.17, 15) is 66.9 Å². The third-order valence-electron chi connectivity index (χ3n) is 11.7. The van der Waals surface area contributed by atoms with Crippen LogP contribution in [0.3, 0.4) is 0 Å². The maximum Gasteiger partial charge on any atom is 0.329 e. The van der Waals surface area contributed by atoms with Crippen LogP contribution in [0.5, 0.6) is 0 Å². The van der Waals surface area contributed by atoms with Crippen molar-refractivity contribution in [3.8, 4) is 0 Å². The van der Waals surface area contributed by atoms with E-state index in [0.29, 0.717) is 70.0 Å². The summed E-state index contributed by atoms with van der Waals surface area (Å²) in [6, 6.07) is 6.45. The Kier molecular flexibility index (Phi) is 12.2. The number of hydrogen-bond donors (Lipinski definition) is 7. The van der Waals surface area contributed by atoms with E-state index in [-0.39, 0.29) is 41.3 Å². The number of anilines is 1. The molecule has 6 rings (SSSR count). The Balaban J connectivity index is 1.51. The Hall–Kier alpha value is -4.26. The molecule has 4 aliphatic rings. The van der Waals surface area contributed by atoms with Gasteiger partial charge in [-0.2, -0.15) is 38.2 Å². The molecule has 1 aliphatic carbocycles. The number of nitrogens with one attached hydrogen (secondary N) is 1. The average Bonchev–Trinajstić information content (AvgIpc) is 3.47. The van der Waals surface area contributed by atoms with E-state index in [1.54, 1.807) is 41.6 Å². The first-order valence-electron chi connectivity index (χ1n) is 19.1. The highest BCUT2D eigenvalue weighted by Gasteiger charge is 2.46. The highest BCUT2D eigenvalue weighted by Crippen LogP contribution is 2.50. The van der Waals surface area contributed by atoms with Gasteiger partial charge >= 0.3 is 5.97 Å². The first kappa shape index (κ1) is 46.2. The molecule has 22 heteroatoms. The first-order chi connectivity index (χ1) is 28.0. The minimum atomic E-state index is -4.64. The molecule has 0 aromatic heterocycles. The predicted octanol–water partition coefficient (Wildman–Crippen LogP) is 3.50. The van der Waals surface area contributed by atoms with Crippen LogP contribution in [-0.4, -0.2) is 115 Å².